The molecule has 2 nitrogen and oxygen atoms in total. The third kappa shape index (κ3) is 0.695. The van der Waals surface area contributed by atoms with Crippen molar-refractivity contribution in [2.45, 2.75) is 6.92 Å². The Bertz CT molecular complexity index is 124. The lowest BCUT2D eigenvalue weighted by Gasteiger charge is -2.06. The number of rotatable bonds is 0. The number of nitrogens with one attached hydrogen (secondary N) is 1. The van der Waals surface area contributed by atoms with Gasteiger partial charge in [0.15, 0.2) is 5.84 Å². The average Bonchev–Trinajstić information content (AvgIpc) is 1.91. The molecule has 0 spiro atoms. The topological polar surface area (TPSA) is 16.8 Å². The van der Waals surface area contributed by atoms with Gasteiger partial charge in [0.2, 0.25) is 0 Å². The smallest absolute Gasteiger partial charge is 0.176 e. The van der Waals surface area contributed by atoms with Crippen molar-refractivity contribution in [1.82, 2.24) is 0 Å². The first kappa shape index (κ1) is 4.53. The summed E-state index contributed by atoms with van der Waals surface area (Å²) >= 11 is 0. The first-order valence-corrected chi connectivity index (χ1v) is 2.21. The molecule has 0 fully saturated rings. The molecule has 0 saturated carbocycles. The third-order valence-corrected chi connectivity index (χ3v) is 1.01. The number of nitrogens with zero attached hydrogens (tertiary/aromatic N) is 1. The van der Waals surface area contributed by atoms with Crippen LogP contribution >= 0.6 is 0 Å². The Kier molecular flexibility index (Phi) is 0.947. The molecule has 0 aromatic rings. The van der Waals surface area contributed by atoms with Gasteiger partial charge in [-0.05, 0) is 0 Å². The third-order valence-electron chi connectivity index (χ3n) is 1.01. The van der Waals surface area contributed by atoms with E-state index in [1.165, 1.54) is 0 Å². The summed E-state index contributed by atoms with van der Waals surface area (Å²) in [5.74, 6) is 1.03. The Labute approximate surface area is 43.2 Å². The van der Waals surface area contributed by atoms with Crippen LogP contribution in [-0.2, 0) is 0 Å². The molecule has 1 unspecified atom stereocenters. The summed E-state index contributed by atoms with van der Waals surface area (Å²) in [6.45, 7) is 1.95. The number of hydrogen-bond donors (Lipinski definition) is 1. The van der Waals surface area contributed by atoms with Crippen LogP contribution in [-0.4, -0.2) is 5.84 Å². The summed E-state index contributed by atoms with van der Waals surface area (Å²) in [7, 11) is 3.72. The van der Waals surface area contributed by atoms with Gasteiger partial charge in [-0.2, -0.15) is 0 Å². The van der Waals surface area contributed by atoms with E-state index in [1.54, 1.807) is 6.20 Å². The van der Waals surface area contributed by atoms with Crippen LogP contribution in [0, 0.1) is 7.05 Å². The maximum Gasteiger partial charge on any atom is 0.176 e. The number of quaternary nitrogens is 1. The molecule has 0 radical (unpaired) electrons. The molecule has 0 saturated heterocycles. The summed E-state index contributed by atoms with van der Waals surface area (Å²) in [5.41, 5.74) is 0. The molecule has 0 aromatic carbocycles. The van der Waals surface area contributed by atoms with Crippen LogP contribution in [0.15, 0.2) is 17.4 Å². The maximum atomic E-state index is 3.95. The van der Waals surface area contributed by atoms with E-state index in [-0.39, 0.29) is 0 Å². The molecule has 0 amide bonds. The second-order valence-corrected chi connectivity index (χ2v) is 1.56. The van der Waals surface area contributed by atoms with Crippen molar-refractivity contribution in [2.24, 2.45) is 4.99 Å². The quantitative estimate of drug-likeness (QED) is 0.394. The van der Waals surface area contributed by atoms with Gasteiger partial charge in [-0.3, -0.25) is 0 Å². The van der Waals surface area contributed by atoms with Crippen molar-refractivity contribution >= 4 is 5.84 Å². The Morgan fingerprint density at radius 3 is 2.71 bits per heavy atom. The minimum atomic E-state index is 1.03. The lowest BCUT2D eigenvalue weighted by atomic mass is 10.6. The molecule has 1 rings (SSSR count). The molecular formula is C5H8N2. The van der Waals surface area contributed by atoms with Crippen LogP contribution in [0.3, 0.4) is 0 Å². The molecule has 1 aliphatic heterocycles. The van der Waals surface area contributed by atoms with E-state index in [0.29, 0.717) is 0 Å². The number of amidine groups is 1. The lowest BCUT2D eigenvalue weighted by Crippen LogP contribution is -3.03. The predicted octanol–water partition coefficient (Wildman–Crippen LogP) is -0.434. The van der Waals surface area contributed by atoms with Crippen molar-refractivity contribution in [2.75, 3.05) is 0 Å². The zero-order valence-electron chi connectivity index (χ0n) is 4.31. The minimum absolute atomic E-state index is 1.03. The van der Waals surface area contributed by atoms with Crippen LogP contribution < -0.4 is 4.90 Å². The van der Waals surface area contributed by atoms with Crippen LogP contribution in [0.2, 0.25) is 0 Å². The molecule has 1 aliphatic rings. The zero-order valence-corrected chi connectivity index (χ0v) is 4.31. The minimum Gasteiger partial charge on any atom is -0.394 e. The summed E-state index contributed by atoms with van der Waals surface area (Å²) in [6.07, 6.45) is 3.66. The number of aliphatic imine (C=N–C) groups is 1. The van der Waals surface area contributed by atoms with Gasteiger partial charge in [0, 0.05) is 6.92 Å². The van der Waals surface area contributed by atoms with E-state index in [2.05, 4.69) is 12.0 Å². The van der Waals surface area contributed by atoms with Crippen molar-refractivity contribution in [1.29, 1.82) is 0 Å². The number of hydrogen-bond acceptors (Lipinski definition) is 1. The molecule has 38 valence electrons. The van der Waals surface area contributed by atoms with Crippen LogP contribution in [0.1, 0.15) is 6.92 Å². The highest BCUT2D eigenvalue weighted by Crippen LogP contribution is 1.76. The SMILES string of the molecule is [CH2-][NH+]1C=CN=C1C. The van der Waals surface area contributed by atoms with Gasteiger partial charge in [0.1, 0.15) is 0 Å². The Hall–Kier alpha value is -0.630. The van der Waals surface area contributed by atoms with Gasteiger partial charge in [-0.25, -0.2) is 4.99 Å². The second kappa shape index (κ2) is 1.46. The van der Waals surface area contributed by atoms with E-state index in [9.17, 15) is 0 Å². The van der Waals surface area contributed by atoms with E-state index >= 15 is 0 Å². The van der Waals surface area contributed by atoms with Crippen molar-refractivity contribution in [3.05, 3.63) is 19.4 Å². The van der Waals surface area contributed by atoms with Crippen LogP contribution in [0.5, 0.6) is 0 Å². The van der Waals surface area contributed by atoms with Crippen molar-refractivity contribution in [3.8, 4) is 0 Å². The van der Waals surface area contributed by atoms with Gasteiger partial charge in [-0.1, -0.05) is 0 Å². The molecule has 0 aliphatic carbocycles. The summed E-state index contributed by atoms with van der Waals surface area (Å²) < 4.78 is 0. The fraction of sp³-hybridized carbons (Fsp3) is 0.200. The lowest BCUT2D eigenvalue weighted by molar-refractivity contribution is -0.688. The monoisotopic (exact) mass is 96.1 g/mol. The highest BCUT2D eigenvalue weighted by molar-refractivity contribution is 5.72. The zero-order chi connectivity index (χ0) is 5.28. The molecule has 7 heavy (non-hydrogen) atoms. The Morgan fingerprint density at radius 1 is 1.86 bits per heavy atom. The molecular weight excluding hydrogens is 88.1 g/mol. The largest absolute Gasteiger partial charge is 0.394 e. The van der Waals surface area contributed by atoms with Gasteiger partial charge < -0.3 is 4.90 Å². The van der Waals surface area contributed by atoms with Crippen molar-refractivity contribution < 1.29 is 4.90 Å². The molecule has 1 atom stereocenters. The van der Waals surface area contributed by atoms with E-state index in [0.717, 1.165) is 10.7 Å². The molecule has 1 N–H and O–H groups in total. The first-order chi connectivity index (χ1) is 3.30. The van der Waals surface area contributed by atoms with E-state index < -0.39 is 0 Å². The first-order valence-electron chi connectivity index (χ1n) is 2.21. The highest BCUT2D eigenvalue weighted by Gasteiger charge is 1.98. The Balaban J connectivity index is 2.69. The Morgan fingerprint density at radius 2 is 2.57 bits per heavy atom. The molecule has 0 aromatic heterocycles. The molecule has 0 bridgehead atoms. The standard InChI is InChI=1S/C5H8N2/c1-5-6-3-4-7(5)2/h3-4,7H,2H2,1H3. The van der Waals surface area contributed by atoms with E-state index in [4.69, 9.17) is 0 Å². The second-order valence-electron chi connectivity index (χ2n) is 1.56. The summed E-state index contributed by atoms with van der Waals surface area (Å²) in [5, 5.41) is 0. The maximum absolute atomic E-state index is 3.95. The average molecular weight is 96.1 g/mol. The van der Waals surface area contributed by atoms with Gasteiger partial charge in [0.25, 0.3) is 0 Å². The fourth-order valence-corrected chi connectivity index (χ4v) is 0.443. The molecule has 1 heterocycles. The van der Waals surface area contributed by atoms with Crippen molar-refractivity contribution in [3.63, 3.8) is 0 Å². The van der Waals surface area contributed by atoms with Crippen LogP contribution in [0.4, 0.5) is 0 Å². The normalized spacial score (nSPS) is 28.3. The summed E-state index contributed by atoms with van der Waals surface area (Å²) in [4.78, 5) is 4.98. The van der Waals surface area contributed by atoms with E-state index in [1.807, 2.05) is 13.1 Å². The fourth-order valence-electron chi connectivity index (χ4n) is 0.443. The van der Waals surface area contributed by atoms with Gasteiger partial charge >= 0.3 is 0 Å². The van der Waals surface area contributed by atoms with Gasteiger partial charge in [0.05, 0.1) is 12.4 Å². The van der Waals surface area contributed by atoms with Crippen LogP contribution in [0.25, 0.3) is 0 Å². The van der Waals surface area contributed by atoms with Gasteiger partial charge in [-0.15, -0.1) is 7.05 Å². The highest BCUT2D eigenvalue weighted by atomic mass is 15.2. The molecule has 2 heteroatoms. The summed E-state index contributed by atoms with van der Waals surface area (Å²) in [6, 6.07) is 0. The predicted molar refractivity (Wildman–Crippen MR) is 28.6 cm³/mol.